The molecule has 1 aliphatic heterocycles. The number of carbonyl (C=O) groups is 1. The summed E-state index contributed by atoms with van der Waals surface area (Å²) >= 11 is 1.21. The van der Waals surface area contributed by atoms with Gasteiger partial charge in [-0.15, -0.1) is 0 Å². The molecule has 2 fully saturated rings. The molecule has 1 aromatic rings. The van der Waals surface area contributed by atoms with Crippen LogP contribution < -0.4 is 4.87 Å². The summed E-state index contributed by atoms with van der Waals surface area (Å²) < 4.78 is 7.39. The Balaban J connectivity index is 1.77. The molecule has 1 saturated heterocycles. The SMILES string of the molecule is Cc1sc(=O)n(CC(=O)N(C)[C@@H]2[C@H]3CCO[C@@H]3C2(C)C)c1C. The van der Waals surface area contributed by atoms with Crippen molar-refractivity contribution >= 4 is 17.2 Å². The molecule has 0 spiro atoms. The highest BCUT2D eigenvalue weighted by molar-refractivity contribution is 7.09. The van der Waals surface area contributed by atoms with Gasteiger partial charge in [0.25, 0.3) is 0 Å². The minimum absolute atomic E-state index is 0.00595. The van der Waals surface area contributed by atoms with Crippen LogP contribution in [0.15, 0.2) is 4.79 Å². The van der Waals surface area contributed by atoms with Crippen LogP contribution in [0, 0.1) is 25.2 Å². The van der Waals surface area contributed by atoms with Crippen molar-refractivity contribution in [2.45, 2.75) is 52.8 Å². The summed E-state index contributed by atoms with van der Waals surface area (Å²) in [5.41, 5.74) is 0.877. The summed E-state index contributed by atoms with van der Waals surface area (Å²) in [4.78, 5) is 27.4. The third-order valence-corrected chi connectivity index (χ3v) is 6.51. The molecule has 0 N–H and O–H groups in total. The van der Waals surface area contributed by atoms with E-state index in [0.29, 0.717) is 5.92 Å². The number of hydrogen-bond acceptors (Lipinski definition) is 4. The number of likely N-dealkylation sites (N-methyl/N-ethyl adjacent to an activating group) is 1. The van der Waals surface area contributed by atoms with Crippen LogP contribution in [0.4, 0.5) is 0 Å². The average Bonchev–Trinajstić information content (AvgIpc) is 2.97. The molecule has 0 unspecified atom stereocenters. The number of carbonyl (C=O) groups excluding carboxylic acids is 1. The van der Waals surface area contributed by atoms with Gasteiger partial charge >= 0.3 is 4.87 Å². The van der Waals surface area contributed by atoms with Gasteiger partial charge in [-0.2, -0.15) is 0 Å². The standard InChI is InChI=1S/C16H24N2O3S/c1-9-10(2)22-15(20)18(9)8-12(19)17(5)13-11-6-7-21-14(11)16(13,3)4/h11,13-14H,6-8H2,1-5H3/t11-,13-,14+/m1/s1. The molecule has 2 aliphatic rings. The van der Waals surface area contributed by atoms with E-state index in [1.165, 1.54) is 11.3 Å². The van der Waals surface area contributed by atoms with Crippen LogP contribution in [0.5, 0.6) is 0 Å². The third kappa shape index (κ3) is 2.15. The number of fused-ring (bicyclic) bond motifs is 1. The fourth-order valence-electron chi connectivity index (χ4n) is 4.26. The van der Waals surface area contributed by atoms with Crippen molar-refractivity contribution in [2.24, 2.45) is 11.3 Å². The molecule has 3 rings (SSSR count). The first kappa shape index (κ1) is 15.7. The molecule has 1 aromatic heterocycles. The molecule has 6 heteroatoms. The summed E-state index contributed by atoms with van der Waals surface area (Å²) in [6, 6.07) is 0.197. The van der Waals surface area contributed by atoms with Crippen molar-refractivity contribution in [3.8, 4) is 0 Å². The van der Waals surface area contributed by atoms with Crippen molar-refractivity contribution in [1.82, 2.24) is 9.47 Å². The first-order valence-electron chi connectivity index (χ1n) is 7.79. The first-order chi connectivity index (χ1) is 10.2. The van der Waals surface area contributed by atoms with Gasteiger partial charge in [0.2, 0.25) is 5.91 Å². The lowest BCUT2D eigenvalue weighted by atomic mass is 9.57. The molecule has 122 valence electrons. The summed E-state index contributed by atoms with van der Waals surface area (Å²) in [6.45, 7) is 9.08. The highest BCUT2D eigenvalue weighted by atomic mass is 32.1. The van der Waals surface area contributed by atoms with Crippen LogP contribution in [0.2, 0.25) is 0 Å². The summed E-state index contributed by atoms with van der Waals surface area (Å²) in [5, 5.41) is 0. The number of hydrogen-bond donors (Lipinski definition) is 0. The molecule has 5 nitrogen and oxygen atoms in total. The van der Waals surface area contributed by atoms with Crippen LogP contribution >= 0.6 is 11.3 Å². The molecule has 3 atom stereocenters. The van der Waals surface area contributed by atoms with E-state index < -0.39 is 0 Å². The Bertz CT molecular complexity index is 661. The molecule has 1 aliphatic carbocycles. The molecule has 2 heterocycles. The second-order valence-corrected chi connectivity index (χ2v) is 8.28. The van der Waals surface area contributed by atoms with E-state index in [9.17, 15) is 9.59 Å². The number of thiazole rings is 1. The predicted octanol–water partition coefficient (Wildman–Crippen LogP) is 1.80. The zero-order valence-electron chi connectivity index (χ0n) is 13.9. The molecule has 22 heavy (non-hydrogen) atoms. The lowest BCUT2D eigenvalue weighted by molar-refractivity contribution is -0.167. The van der Waals surface area contributed by atoms with Gasteiger partial charge in [0.05, 0.1) is 6.10 Å². The molecule has 0 aromatic carbocycles. The Morgan fingerprint density at radius 1 is 1.45 bits per heavy atom. The summed E-state index contributed by atoms with van der Waals surface area (Å²) in [5.74, 6) is 0.442. The van der Waals surface area contributed by atoms with Gasteiger partial charge in [-0.05, 0) is 20.3 Å². The van der Waals surface area contributed by atoms with Crippen LogP contribution in [0.25, 0.3) is 0 Å². The van der Waals surface area contributed by atoms with E-state index in [0.717, 1.165) is 23.6 Å². The molecule has 0 radical (unpaired) electrons. The Morgan fingerprint density at radius 2 is 2.14 bits per heavy atom. The minimum Gasteiger partial charge on any atom is -0.377 e. The Labute approximate surface area is 134 Å². The Hall–Kier alpha value is -1.14. The Kier molecular flexibility index (Phi) is 3.72. The predicted molar refractivity (Wildman–Crippen MR) is 86.2 cm³/mol. The highest BCUT2D eigenvalue weighted by Crippen LogP contribution is 2.54. The van der Waals surface area contributed by atoms with Gasteiger partial charge in [0.15, 0.2) is 0 Å². The lowest BCUT2D eigenvalue weighted by Crippen LogP contribution is -2.67. The van der Waals surface area contributed by atoms with Crippen LogP contribution in [-0.2, 0) is 16.1 Å². The van der Waals surface area contributed by atoms with Gasteiger partial charge in [0.1, 0.15) is 6.54 Å². The maximum atomic E-state index is 12.7. The van der Waals surface area contributed by atoms with Gasteiger partial charge in [-0.25, -0.2) is 0 Å². The van der Waals surface area contributed by atoms with Crippen LogP contribution in [0.3, 0.4) is 0 Å². The second-order valence-electron chi connectivity index (χ2n) is 7.11. The number of amides is 1. The maximum absolute atomic E-state index is 12.7. The van der Waals surface area contributed by atoms with Crippen LogP contribution in [-0.4, -0.2) is 41.2 Å². The number of aryl methyl sites for hydroxylation is 1. The number of ether oxygens (including phenoxy) is 1. The quantitative estimate of drug-likeness (QED) is 0.852. The largest absolute Gasteiger partial charge is 0.377 e. The summed E-state index contributed by atoms with van der Waals surface area (Å²) in [6.07, 6.45) is 1.29. The van der Waals surface area contributed by atoms with Crippen molar-refractivity contribution in [3.63, 3.8) is 0 Å². The minimum atomic E-state index is -0.0494. The highest BCUT2D eigenvalue weighted by Gasteiger charge is 2.61. The van der Waals surface area contributed by atoms with Gasteiger partial charge in [0, 0.05) is 41.6 Å². The van der Waals surface area contributed by atoms with Gasteiger partial charge < -0.3 is 9.64 Å². The zero-order valence-corrected chi connectivity index (χ0v) is 14.7. The lowest BCUT2D eigenvalue weighted by Gasteiger charge is -2.57. The first-order valence-corrected chi connectivity index (χ1v) is 8.61. The van der Waals surface area contributed by atoms with E-state index >= 15 is 0 Å². The van der Waals surface area contributed by atoms with Crippen LogP contribution in [0.1, 0.15) is 30.8 Å². The number of rotatable bonds is 3. The molecule has 1 amide bonds. The van der Waals surface area contributed by atoms with Crippen molar-refractivity contribution in [1.29, 1.82) is 0 Å². The smallest absolute Gasteiger partial charge is 0.308 e. The molecular formula is C16H24N2O3S. The van der Waals surface area contributed by atoms with E-state index in [2.05, 4.69) is 13.8 Å². The fraction of sp³-hybridized carbons (Fsp3) is 0.750. The molecule has 1 saturated carbocycles. The van der Waals surface area contributed by atoms with Crippen molar-refractivity contribution in [2.75, 3.05) is 13.7 Å². The maximum Gasteiger partial charge on any atom is 0.308 e. The fourth-order valence-corrected chi connectivity index (χ4v) is 5.09. The number of aromatic nitrogens is 1. The van der Waals surface area contributed by atoms with Crippen molar-refractivity contribution < 1.29 is 9.53 Å². The summed E-state index contributed by atoms with van der Waals surface area (Å²) in [7, 11) is 1.86. The number of nitrogens with zero attached hydrogens (tertiary/aromatic N) is 2. The van der Waals surface area contributed by atoms with Crippen molar-refractivity contribution in [3.05, 3.63) is 20.2 Å². The normalized spacial score (nSPS) is 29.0. The van der Waals surface area contributed by atoms with E-state index in [1.807, 2.05) is 25.8 Å². The van der Waals surface area contributed by atoms with Gasteiger partial charge in [-0.1, -0.05) is 25.2 Å². The Morgan fingerprint density at radius 3 is 2.73 bits per heavy atom. The van der Waals surface area contributed by atoms with Gasteiger partial charge in [-0.3, -0.25) is 14.2 Å². The second kappa shape index (κ2) is 5.20. The van der Waals surface area contributed by atoms with E-state index in [1.54, 1.807) is 4.57 Å². The topological polar surface area (TPSA) is 51.5 Å². The van der Waals surface area contributed by atoms with E-state index in [4.69, 9.17) is 4.74 Å². The van der Waals surface area contributed by atoms with E-state index in [-0.39, 0.29) is 34.9 Å². The zero-order chi connectivity index (χ0) is 16.2. The molecule has 0 bridgehead atoms. The monoisotopic (exact) mass is 324 g/mol. The molecular weight excluding hydrogens is 300 g/mol. The average molecular weight is 324 g/mol. The third-order valence-electron chi connectivity index (χ3n) is 5.52.